The highest BCUT2D eigenvalue weighted by Gasteiger charge is 2.29. The highest BCUT2D eigenvalue weighted by Crippen LogP contribution is 2.44. The van der Waals surface area contributed by atoms with Gasteiger partial charge in [-0.05, 0) is 41.0 Å². The van der Waals surface area contributed by atoms with Gasteiger partial charge in [0.15, 0.2) is 0 Å². The predicted molar refractivity (Wildman–Crippen MR) is 101 cm³/mol. The molecule has 0 bridgehead atoms. The van der Waals surface area contributed by atoms with E-state index < -0.39 is 12.2 Å². The molecule has 1 saturated carbocycles. The van der Waals surface area contributed by atoms with Crippen molar-refractivity contribution in [2.24, 2.45) is 5.92 Å². The van der Waals surface area contributed by atoms with Gasteiger partial charge in [-0.3, -0.25) is 0 Å². The summed E-state index contributed by atoms with van der Waals surface area (Å²) in [5, 5.41) is 12.6. The molecule has 1 amide bonds. The van der Waals surface area contributed by atoms with Gasteiger partial charge in [-0.1, -0.05) is 61.4 Å². The van der Waals surface area contributed by atoms with Crippen molar-refractivity contribution < 1.29 is 14.6 Å². The number of rotatable bonds is 7. The third-order valence-corrected chi connectivity index (χ3v) is 5.43. The summed E-state index contributed by atoms with van der Waals surface area (Å²) in [6.45, 7) is 0.557. The SMILES string of the molecule is O=C(NCC(O)CCC1CC1)OCC1c2ccccc2-c2ccccc21. The van der Waals surface area contributed by atoms with Crippen LogP contribution in [0, 0.1) is 5.92 Å². The molecule has 0 heterocycles. The molecule has 4 rings (SSSR count). The molecular formula is C22H25NO3. The minimum atomic E-state index is -0.490. The molecule has 26 heavy (non-hydrogen) atoms. The van der Waals surface area contributed by atoms with Crippen LogP contribution < -0.4 is 5.32 Å². The maximum Gasteiger partial charge on any atom is 0.407 e. The maximum absolute atomic E-state index is 12.0. The van der Waals surface area contributed by atoms with Crippen LogP contribution in [0.4, 0.5) is 4.79 Å². The van der Waals surface area contributed by atoms with Crippen LogP contribution >= 0.6 is 0 Å². The Kier molecular flexibility index (Phi) is 4.93. The predicted octanol–water partition coefficient (Wildman–Crippen LogP) is 4.08. The second-order valence-corrected chi connectivity index (χ2v) is 7.38. The van der Waals surface area contributed by atoms with E-state index in [0.717, 1.165) is 18.8 Å². The molecule has 0 aliphatic heterocycles. The lowest BCUT2D eigenvalue weighted by Gasteiger charge is -2.16. The molecule has 4 heteroatoms. The van der Waals surface area contributed by atoms with Gasteiger partial charge in [0.2, 0.25) is 0 Å². The number of nitrogens with one attached hydrogen (secondary N) is 1. The fourth-order valence-electron chi connectivity index (χ4n) is 3.79. The standard InChI is InChI=1S/C22H25NO3/c24-16(12-11-15-9-10-15)13-23-22(25)26-14-21-19-7-3-1-5-17(19)18-6-2-4-8-20(18)21/h1-8,15-16,21,24H,9-14H2,(H,23,25). The smallest absolute Gasteiger partial charge is 0.407 e. The van der Waals surface area contributed by atoms with Crippen molar-refractivity contribution in [1.82, 2.24) is 5.32 Å². The van der Waals surface area contributed by atoms with E-state index >= 15 is 0 Å². The van der Waals surface area contributed by atoms with Gasteiger partial charge in [-0.2, -0.15) is 0 Å². The molecule has 2 N–H and O–H groups in total. The number of ether oxygens (including phenoxy) is 1. The number of carbonyl (C=O) groups excluding carboxylic acids is 1. The van der Waals surface area contributed by atoms with E-state index in [2.05, 4.69) is 29.6 Å². The largest absolute Gasteiger partial charge is 0.449 e. The van der Waals surface area contributed by atoms with Gasteiger partial charge in [0.05, 0.1) is 6.10 Å². The first kappa shape index (κ1) is 17.1. The number of hydrogen-bond acceptors (Lipinski definition) is 3. The first-order valence-electron chi connectivity index (χ1n) is 9.49. The topological polar surface area (TPSA) is 58.6 Å². The molecule has 0 saturated heterocycles. The summed E-state index contributed by atoms with van der Waals surface area (Å²) in [6, 6.07) is 16.5. The van der Waals surface area contributed by atoms with Gasteiger partial charge < -0.3 is 15.2 Å². The Labute approximate surface area is 154 Å². The zero-order valence-electron chi connectivity index (χ0n) is 14.9. The monoisotopic (exact) mass is 351 g/mol. The second kappa shape index (κ2) is 7.50. The van der Waals surface area contributed by atoms with Crippen molar-refractivity contribution in [2.75, 3.05) is 13.2 Å². The third kappa shape index (κ3) is 3.75. The van der Waals surface area contributed by atoms with Crippen molar-refractivity contribution >= 4 is 6.09 Å². The summed E-state index contributed by atoms with van der Waals surface area (Å²) in [7, 11) is 0. The first-order chi connectivity index (χ1) is 12.7. The Hall–Kier alpha value is -2.33. The fourth-order valence-corrected chi connectivity index (χ4v) is 3.79. The number of benzene rings is 2. The second-order valence-electron chi connectivity index (χ2n) is 7.38. The van der Waals surface area contributed by atoms with E-state index in [1.165, 1.54) is 35.1 Å². The molecule has 2 aliphatic rings. The minimum Gasteiger partial charge on any atom is -0.449 e. The van der Waals surface area contributed by atoms with Crippen LogP contribution in [0.25, 0.3) is 11.1 Å². The molecule has 4 nitrogen and oxygen atoms in total. The number of carbonyl (C=O) groups is 1. The minimum absolute atomic E-state index is 0.0629. The van der Waals surface area contributed by atoms with Gasteiger partial charge in [-0.15, -0.1) is 0 Å². The van der Waals surface area contributed by atoms with E-state index in [1.54, 1.807) is 0 Å². The van der Waals surface area contributed by atoms with Crippen LogP contribution in [-0.2, 0) is 4.74 Å². The molecule has 1 fully saturated rings. The lowest BCUT2D eigenvalue weighted by atomic mass is 9.98. The summed E-state index contributed by atoms with van der Waals surface area (Å²) in [4.78, 5) is 12.0. The zero-order valence-corrected chi connectivity index (χ0v) is 14.9. The van der Waals surface area contributed by atoms with Gasteiger partial charge in [0, 0.05) is 12.5 Å². The molecule has 0 aromatic heterocycles. The maximum atomic E-state index is 12.0. The number of alkyl carbamates (subject to hydrolysis) is 1. The Morgan fingerprint density at radius 2 is 1.69 bits per heavy atom. The fraction of sp³-hybridized carbons (Fsp3) is 0.409. The Bertz CT molecular complexity index is 739. The zero-order chi connectivity index (χ0) is 17.9. The molecule has 1 atom stereocenters. The van der Waals surface area contributed by atoms with Crippen molar-refractivity contribution in [1.29, 1.82) is 0 Å². The molecule has 2 aliphatic carbocycles. The van der Waals surface area contributed by atoms with Crippen LogP contribution in [0.2, 0.25) is 0 Å². The van der Waals surface area contributed by atoms with Crippen LogP contribution in [-0.4, -0.2) is 30.5 Å². The number of amides is 1. The van der Waals surface area contributed by atoms with Crippen molar-refractivity contribution in [2.45, 2.75) is 37.7 Å². The summed E-state index contributed by atoms with van der Waals surface area (Å²) in [5.41, 5.74) is 4.83. The van der Waals surface area contributed by atoms with Gasteiger partial charge >= 0.3 is 6.09 Å². The van der Waals surface area contributed by atoms with E-state index in [1.807, 2.05) is 24.3 Å². The third-order valence-electron chi connectivity index (χ3n) is 5.43. The van der Waals surface area contributed by atoms with Gasteiger partial charge in [0.25, 0.3) is 0 Å². The summed E-state index contributed by atoms with van der Waals surface area (Å²) >= 11 is 0. The number of aliphatic hydroxyl groups is 1. The quantitative estimate of drug-likeness (QED) is 0.790. The van der Waals surface area contributed by atoms with Gasteiger partial charge in [-0.25, -0.2) is 4.79 Å². The molecule has 2 aromatic rings. The summed E-state index contributed by atoms with van der Waals surface area (Å²) in [6.07, 6.45) is 3.41. The van der Waals surface area contributed by atoms with Gasteiger partial charge in [0.1, 0.15) is 6.61 Å². The van der Waals surface area contributed by atoms with E-state index in [9.17, 15) is 9.90 Å². The lowest BCUT2D eigenvalue weighted by Crippen LogP contribution is -2.33. The van der Waals surface area contributed by atoms with E-state index in [4.69, 9.17) is 4.74 Å². The molecular weight excluding hydrogens is 326 g/mol. The van der Waals surface area contributed by atoms with Crippen molar-refractivity contribution in [3.63, 3.8) is 0 Å². The van der Waals surface area contributed by atoms with Crippen LogP contribution in [0.5, 0.6) is 0 Å². The molecule has 0 radical (unpaired) electrons. The molecule has 2 aromatic carbocycles. The van der Waals surface area contributed by atoms with E-state index in [0.29, 0.717) is 6.61 Å². The average molecular weight is 351 g/mol. The van der Waals surface area contributed by atoms with Crippen LogP contribution in [0.3, 0.4) is 0 Å². The van der Waals surface area contributed by atoms with Crippen molar-refractivity contribution in [3.05, 3.63) is 59.7 Å². The molecule has 1 unspecified atom stereocenters. The van der Waals surface area contributed by atoms with E-state index in [-0.39, 0.29) is 12.5 Å². The number of hydrogen-bond donors (Lipinski definition) is 2. The van der Waals surface area contributed by atoms with Crippen LogP contribution in [0.15, 0.2) is 48.5 Å². The highest BCUT2D eigenvalue weighted by molar-refractivity contribution is 5.79. The normalized spacial score (nSPS) is 16.7. The lowest BCUT2D eigenvalue weighted by molar-refractivity contribution is 0.124. The molecule has 136 valence electrons. The van der Waals surface area contributed by atoms with Crippen LogP contribution in [0.1, 0.15) is 42.7 Å². The Balaban J connectivity index is 1.32. The molecule has 0 spiro atoms. The first-order valence-corrected chi connectivity index (χ1v) is 9.49. The Morgan fingerprint density at radius 3 is 2.31 bits per heavy atom. The highest BCUT2D eigenvalue weighted by atomic mass is 16.5. The summed E-state index contributed by atoms with van der Waals surface area (Å²) in [5.74, 6) is 0.854. The van der Waals surface area contributed by atoms with Crippen molar-refractivity contribution in [3.8, 4) is 11.1 Å². The number of fused-ring (bicyclic) bond motifs is 3. The Morgan fingerprint density at radius 1 is 1.08 bits per heavy atom. The number of aliphatic hydroxyl groups excluding tert-OH is 1. The average Bonchev–Trinajstić information content (AvgIpc) is 3.45. The summed E-state index contributed by atoms with van der Waals surface area (Å²) < 4.78 is 5.47.